The van der Waals surface area contributed by atoms with E-state index in [1.165, 1.54) is 31.0 Å². The van der Waals surface area contributed by atoms with Gasteiger partial charge in [-0.2, -0.15) is 0 Å². The van der Waals surface area contributed by atoms with Crippen LogP contribution >= 0.6 is 23.4 Å². The summed E-state index contributed by atoms with van der Waals surface area (Å²) in [4.78, 5) is 38.6. The van der Waals surface area contributed by atoms with Crippen LogP contribution in [0.5, 0.6) is 0 Å². The second-order valence-electron chi connectivity index (χ2n) is 7.03. The molecule has 4 rings (SSSR count). The van der Waals surface area contributed by atoms with Gasteiger partial charge in [0.1, 0.15) is 11.1 Å². The molecule has 32 heavy (non-hydrogen) atoms. The lowest BCUT2D eigenvalue weighted by molar-refractivity contribution is -0.128. The first-order valence-corrected chi connectivity index (χ1v) is 11.1. The molecule has 1 atom stereocenters. The molecule has 1 aromatic heterocycles. The van der Waals surface area contributed by atoms with E-state index in [-0.39, 0.29) is 27.8 Å². The molecule has 9 heteroatoms. The maximum atomic E-state index is 12.7. The Morgan fingerprint density at radius 3 is 2.69 bits per heavy atom. The molecule has 164 valence electrons. The van der Waals surface area contributed by atoms with Crippen LogP contribution in [-0.2, 0) is 16.1 Å². The fraction of sp³-hybridized carbons (Fsp3) is 0.174. The highest BCUT2D eigenvalue weighted by Crippen LogP contribution is 2.39. The van der Waals surface area contributed by atoms with Gasteiger partial charge in [-0.3, -0.25) is 9.59 Å². The summed E-state index contributed by atoms with van der Waals surface area (Å²) >= 11 is 7.56. The van der Waals surface area contributed by atoms with Gasteiger partial charge in [-0.25, -0.2) is 4.79 Å². The topological polar surface area (TPSA) is 88.8 Å². The van der Waals surface area contributed by atoms with Crippen LogP contribution in [0.3, 0.4) is 0 Å². The van der Waals surface area contributed by atoms with Crippen LogP contribution in [0.2, 0.25) is 5.02 Å². The molecule has 1 aliphatic heterocycles. The van der Waals surface area contributed by atoms with Crippen molar-refractivity contribution < 1.29 is 23.5 Å². The molecule has 0 unspecified atom stereocenters. The molecule has 3 aromatic rings. The van der Waals surface area contributed by atoms with Crippen LogP contribution in [0.15, 0.2) is 65.3 Å². The highest BCUT2D eigenvalue weighted by molar-refractivity contribution is 8.00. The SMILES string of the molecule is COC(=O)c1cc(NC(=O)c2ccc([C@@H]3SCC(=O)N3Cc3ccco3)cc2)ccc1Cl. The van der Waals surface area contributed by atoms with Crippen molar-refractivity contribution in [1.82, 2.24) is 4.90 Å². The lowest BCUT2D eigenvalue weighted by Gasteiger charge is -2.23. The quantitative estimate of drug-likeness (QED) is 0.523. The summed E-state index contributed by atoms with van der Waals surface area (Å²) in [5.74, 6) is 0.237. The van der Waals surface area contributed by atoms with Gasteiger partial charge >= 0.3 is 5.97 Å². The van der Waals surface area contributed by atoms with Crippen molar-refractivity contribution in [3.8, 4) is 0 Å². The first-order chi connectivity index (χ1) is 15.5. The van der Waals surface area contributed by atoms with Gasteiger partial charge in [-0.15, -0.1) is 11.8 Å². The lowest BCUT2D eigenvalue weighted by Crippen LogP contribution is -2.27. The van der Waals surface area contributed by atoms with Crippen LogP contribution in [0.1, 0.15) is 37.4 Å². The molecule has 2 heterocycles. The summed E-state index contributed by atoms with van der Waals surface area (Å²) in [6, 6.07) is 15.3. The van der Waals surface area contributed by atoms with Crippen molar-refractivity contribution in [3.05, 3.63) is 88.3 Å². The normalized spacial score (nSPS) is 15.6. The Morgan fingerprint density at radius 2 is 2.00 bits per heavy atom. The van der Waals surface area contributed by atoms with Gasteiger partial charge < -0.3 is 19.4 Å². The third kappa shape index (κ3) is 4.66. The number of hydrogen-bond acceptors (Lipinski definition) is 6. The van der Waals surface area contributed by atoms with E-state index in [4.69, 9.17) is 20.8 Å². The third-order valence-corrected chi connectivity index (χ3v) is 6.55. The van der Waals surface area contributed by atoms with Crippen molar-refractivity contribution in [1.29, 1.82) is 0 Å². The molecule has 0 aliphatic carbocycles. The number of rotatable bonds is 6. The van der Waals surface area contributed by atoms with E-state index >= 15 is 0 Å². The van der Waals surface area contributed by atoms with Crippen LogP contribution in [0.4, 0.5) is 5.69 Å². The minimum Gasteiger partial charge on any atom is -0.467 e. The number of anilines is 1. The number of nitrogens with one attached hydrogen (secondary N) is 1. The monoisotopic (exact) mass is 470 g/mol. The number of hydrogen-bond donors (Lipinski definition) is 1. The van der Waals surface area contributed by atoms with Crippen LogP contribution in [0, 0.1) is 0 Å². The summed E-state index contributed by atoms with van der Waals surface area (Å²) in [6.45, 7) is 0.394. The average molecular weight is 471 g/mol. The van der Waals surface area contributed by atoms with E-state index in [9.17, 15) is 14.4 Å². The van der Waals surface area contributed by atoms with E-state index < -0.39 is 5.97 Å². The Balaban J connectivity index is 1.47. The average Bonchev–Trinajstić information content (AvgIpc) is 3.45. The van der Waals surface area contributed by atoms with E-state index in [0.29, 0.717) is 23.5 Å². The Hall–Kier alpha value is -3.23. The molecule has 1 aliphatic rings. The number of ether oxygens (including phenoxy) is 1. The standard InChI is InChI=1S/C23H19ClN2O5S/c1-30-23(29)18-11-16(8-9-19(18)24)25-21(28)14-4-6-15(7-5-14)22-26(20(27)13-32-22)12-17-3-2-10-31-17/h2-11,22H,12-13H2,1H3,(H,25,28)/t22-/m0/s1. The zero-order valence-electron chi connectivity index (χ0n) is 17.0. The molecule has 2 aromatic carbocycles. The van der Waals surface area contributed by atoms with Gasteiger partial charge in [0.15, 0.2) is 0 Å². The Bertz CT molecular complexity index is 1150. The minimum absolute atomic E-state index is 0.0439. The largest absolute Gasteiger partial charge is 0.467 e. The number of carbonyl (C=O) groups is 3. The molecule has 0 radical (unpaired) electrons. The van der Waals surface area contributed by atoms with E-state index in [2.05, 4.69) is 5.32 Å². The lowest BCUT2D eigenvalue weighted by atomic mass is 10.1. The molecule has 2 amide bonds. The highest BCUT2D eigenvalue weighted by atomic mass is 35.5. The zero-order valence-corrected chi connectivity index (χ0v) is 18.6. The molecule has 0 bridgehead atoms. The fourth-order valence-electron chi connectivity index (χ4n) is 3.34. The molecule has 1 fully saturated rings. The Labute approximate surface area is 193 Å². The van der Waals surface area contributed by atoms with Gasteiger partial charge in [0, 0.05) is 11.3 Å². The summed E-state index contributed by atoms with van der Waals surface area (Å²) < 4.78 is 10.1. The molecule has 1 saturated heterocycles. The van der Waals surface area contributed by atoms with Crippen molar-refractivity contribution in [2.24, 2.45) is 0 Å². The maximum Gasteiger partial charge on any atom is 0.339 e. The summed E-state index contributed by atoms with van der Waals surface area (Å²) in [5, 5.41) is 2.84. The number of furan rings is 1. The fourth-order valence-corrected chi connectivity index (χ4v) is 4.73. The van der Waals surface area contributed by atoms with Crippen molar-refractivity contribution in [3.63, 3.8) is 0 Å². The van der Waals surface area contributed by atoms with E-state index in [0.717, 1.165) is 11.3 Å². The highest BCUT2D eigenvalue weighted by Gasteiger charge is 2.33. The van der Waals surface area contributed by atoms with E-state index in [1.807, 2.05) is 18.2 Å². The van der Waals surface area contributed by atoms with Crippen LogP contribution in [0.25, 0.3) is 0 Å². The molecule has 1 N–H and O–H groups in total. The second-order valence-corrected chi connectivity index (χ2v) is 8.50. The molecule has 0 spiro atoms. The number of halogens is 1. The van der Waals surface area contributed by atoms with Gasteiger partial charge in [0.2, 0.25) is 5.91 Å². The van der Waals surface area contributed by atoms with Gasteiger partial charge in [0.05, 0.1) is 36.3 Å². The number of nitrogens with zero attached hydrogens (tertiary/aromatic N) is 1. The number of amides is 2. The number of thioether (sulfide) groups is 1. The third-order valence-electron chi connectivity index (χ3n) is 4.96. The molecular weight excluding hydrogens is 452 g/mol. The van der Waals surface area contributed by atoms with Crippen molar-refractivity contribution in [2.45, 2.75) is 11.9 Å². The van der Waals surface area contributed by atoms with Crippen molar-refractivity contribution >= 4 is 46.8 Å². The predicted octanol–water partition coefficient (Wildman–Crippen LogP) is 4.75. The van der Waals surface area contributed by atoms with Crippen LogP contribution in [-0.4, -0.2) is 35.5 Å². The van der Waals surface area contributed by atoms with Crippen LogP contribution < -0.4 is 5.32 Å². The Kier molecular flexibility index (Phi) is 6.53. The Morgan fingerprint density at radius 1 is 1.22 bits per heavy atom. The molecular formula is C23H19ClN2O5S. The predicted molar refractivity (Wildman–Crippen MR) is 122 cm³/mol. The van der Waals surface area contributed by atoms with Crippen molar-refractivity contribution in [2.75, 3.05) is 18.2 Å². The van der Waals surface area contributed by atoms with E-state index in [1.54, 1.807) is 35.4 Å². The molecule has 7 nitrogen and oxygen atoms in total. The number of esters is 1. The first kappa shape index (κ1) is 22.0. The summed E-state index contributed by atoms with van der Waals surface area (Å²) in [6.07, 6.45) is 1.58. The molecule has 0 saturated carbocycles. The zero-order chi connectivity index (χ0) is 22.7. The maximum absolute atomic E-state index is 12.7. The summed E-state index contributed by atoms with van der Waals surface area (Å²) in [7, 11) is 1.26. The second kappa shape index (κ2) is 9.50. The van der Waals surface area contributed by atoms with Gasteiger partial charge in [-0.1, -0.05) is 23.7 Å². The first-order valence-electron chi connectivity index (χ1n) is 9.69. The minimum atomic E-state index is -0.585. The number of methoxy groups -OCH3 is 1. The summed E-state index contributed by atoms with van der Waals surface area (Å²) in [5.41, 5.74) is 1.95. The van der Waals surface area contributed by atoms with Gasteiger partial charge in [-0.05, 0) is 48.0 Å². The number of carbonyl (C=O) groups excluding carboxylic acids is 3. The van der Waals surface area contributed by atoms with Gasteiger partial charge in [0.25, 0.3) is 5.91 Å². The number of benzene rings is 2. The smallest absolute Gasteiger partial charge is 0.339 e.